The zero-order valence-corrected chi connectivity index (χ0v) is 30.2. The first-order chi connectivity index (χ1) is 26.6. The monoisotopic (exact) mass is 712 g/mol. The molecule has 0 bridgehead atoms. The van der Waals surface area contributed by atoms with E-state index >= 15 is 0 Å². The van der Waals surface area contributed by atoms with E-state index in [1.54, 1.807) is 28.4 Å². The molecular formula is C46H36N2O6. The number of nitrogens with zero attached hydrogens (tertiary/aromatic N) is 2. The Balaban J connectivity index is 1.41. The van der Waals surface area contributed by atoms with Gasteiger partial charge in [0.15, 0.2) is 0 Å². The first kappa shape index (κ1) is 34.0. The second kappa shape index (κ2) is 14.9. The maximum Gasteiger partial charge on any atom is 0.227 e. The van der Waals surface area contributed by atoms with Crippen LogP contribution in [0.15, 0.2) is 156 Å². The van der Waals surface area contributed by atoms with E-state index in [0.29, 0.717) is 23.3 Å². The van der Waals surface area contributed by atoms with Crippen molar-refractivity contribution < 1.29 is 28.4 Å². The third-order valence-electron chi connectivity index (χ3n) is 9.27. The largest absolute Gasteiger partial charge is 0.497 e. The average molecular weight is 713 g/mol. The van der Waals surface area contributed by atoms with Crippen LogP contribution in [0.25, 0.3) is 22.7 Å². The molecule has 0 fully saturated rings. The molecule has 2 aliphatic rings. The Kier molecular flexibility index (Phi) is 9.39. The molecule has 0 atom stereocenters. The highest BCUT2D eigenvalue weighted by atomic mass is 16.5. The molecule has 8 nitrogen and oxygen atoms in total. The first-order valence-electron chi connectivity index (χ1n) is 17.4. The third-order valence-corrected chi connectivity index (χ3v) is 9.27. The molecule has 0 N–H and O–H groups in total. The van der Waals surface area contributed by atoms with Crippen molar-refractivity contribution >= 4 is 45.8 Å². The van der Waals surface area contributed by atoms with Crippen LogP contribution in [0.2, 0.25) is 0 Å². The van der Waals surface area contributed by atoms with Gasteiger partial charge in [-0.3, -0.25) is 0 Å². The third kappa shape index (κ3) is 6.57. The van der Waals surface area contributed by atoms with Crippen LogP contribution in [0.4, 0.5) is 11.4 Å². The van der Waals surface area contributed by atoms with Gasteiger partial charge in [0.1, 0.15) is 34.5 Å². The van der Waals surface area contributed by atoms with Crippen LogP contribution in [0.3, 0.4) is 0 Å². The molecule has 6 aromatic carbocycles. The van der Waals surface area contributed by atoms with Crippen LogP contribution >= 0.6 is 0 Å². The van der Waals surface area contributed by atoms with Crippen molar-refractivity contribution in [1.29, 1.82) is 0 Å². The summed E-state index contributed by atoms with van der Waals surface area (Å²) in [5.74, 6) is 5.16. The number of aliphatic imine (C=N–C) groups is 2. The van der Waals surface area contributed by atoms with E-state index in [1.807, 2.05) is 133 Å². The van der Waals surface area contributed by atoms with Gasteiger partial charge in [0.25, 0.3) is 0 Å². The van der Waals surface area contributed by atoms with Gasteiger partial charge in [0.2, 0.25) is 11.8 Å². The molecule has 0 saturated heterocycles. The first-order valence-corrected chi connectivity index (χ1v) is 17.4. The van der Waals surface area contributed by atoms with Crippen LogP contribution in [0.1, 0.15) is 33.4 Å². The fraction of sp³-hybridized carbons (Fsp3) is 0.0870. The topological polar surface area (TPSA) is 80.1 Å². The molecule has 2 heterocycles. The molecule has 0 radical (unpaired) electrons. The van der Waals surface area contributed by atoms with Gasteiger partial charge >= 0.3 is 0 Å². The number of hydrogen-bond donors (Lipinski definition) is 0. The van der Waals surface area contributed by atoms with E-state index in [9.17, 15) is 0 Å². The number of allylic oxidation sites excluding steroid dienone is 2. The lowest BCUT2D eigenvalue weighted by Gasteiger charge is -2.19. The van der Waals surface area contributed by atoms with E-state index in [1.165, 1.54) is 0 Å². The summed E-state index contributed by atoms with van der Waals surface area (Å²) in [4.78, 5) is 9.96. The summed E-state index contributed by atoms with van der Waals surface area (Å²) in [6.45, 7) is 0. The second-order valence-electron chi connectivity index (χ2n) is 12.4. The fourth-order valence-electron chi connectivity index (χ4n) is 6.53. The summed E-state index contributed by atoms with van der Waals surface area (Å²) in [6, 6.07) is 47.2. The maximum atomic E-state index is 6.92. The maximum absolute atomic E-state index is 6.92. The van der Waals surface area contributed by atoms with Crippen LogP contribution in [0, 0.1) is 0 Å². The Morgan fingerprint density at radius 2 is 0.667 bits per heavy atom. The normalized spacial score (nSPS) is 16.2. The summed E-state index contributed by atoms with van der Waals surface area (Å²) < 4.78 is 35.8. The van der Waals surface area contributed by atoms with E-state index in [-0.39, 0.29) is 0 Å². The molecule has 6 aromatic rings. The molecule has 0 saturated carbocycles. The lowest BCUT2D eigenvalue weighted by atomic mass is 9.87. The van der Waals surface area contributed by atoms with Crippen molar-refractivity contribution in [3.8, 4) is 23.0 Å². The molecule has 0 aliphatic carbocycles. The highest BCUT2D eigenvalue weighted by molar-refractivity contribution is 6.26. The van der Waals surface area contributed by atoms with Crippen molar-refractivity contribution in [2.45, 2.75) is 0 Å². The van der Waals surface area contributed by atoms with Gasteiger partial charge < -0.3 is 28.4 Å². The number of benzene rings is 6. The molecular weight excluding hydrogens is 677 g/mol. The lowest BCUT2D eigenvalue weighted by molar-refractivity contribution is 0.414. The van der Waals surface area contributed by atoms with Gasteiger partial charge in [0, 0.05) is 33.4 Å². The predicted octanol–water partition coefficient (Wildman–Crippen LogP) is 10.4. The number of rotatable bonds is 9. The Bertz CT molecular complexity index is 2270. The molecule has 0 amide bonds. The fourth-order valence-corrected chi connectivity index (χ4v) is 6.53. The van der Waals surface area contributed by atoms with Crippen LogP contribution < -0.4 is 18.9 Å². The minimum absolute atomic E-state index is 0.477. The number of fused-ring (bicyclic) bond motifs is 2. The number of methoxy groups -OCH3 is 4. The summed E-state index contributed by atoms with van der Waals surface area (Å²) in [6.07, 6.45) is 0. The van der Waals surface area contributed by atoms with Gasteiger partial charge in [-0.1, -0.05) is 60.7 Å². The van der Waals surface area contributed by atoms with E-state index in [2.05, 4.69) is 12.1 Å². The Morgan fingerprint density at radius 1 is 0.370 bits per heavy atom. The zero-order chi connectivity index (χ0) is 37.0. The minimum Gasteiger partial charge on any atom is -0.497 e. The molecule has 8 rings (SSSR count). The van der Waals surface area contributed by atoms with Gasteiger partial charge in [-0.15, -0.1) is 0 Å². The minimum atomic E-state index is 0.477. The van der Waals surface area contributed by atoms with E-state index in [4.69, 9.17) is 38.4 Å². The van der Waals surface area contributed by atoms with Gasteiger partial charge in [-0.2, -0.15) is 0 Å². The van der Waals surface area contributed by atoms with E-state index in [0.717, 1.165) is 78.9 Å². The van der Waals surface area contributed by atoms with Crippen molar-refractivity contribution in [3.05, 3.63) is 179 Å². The molecule has 0 spiro atoms. The van der Waals surface area contributed by atoms with Crippen LogP contribution in [-0.4, -0.2) is 40.2 Å². The number of ether oxygens (including phenoxy) is 6. The highest BCUT2D eigenvalue weighted by Crippen LogP contribution is 2.48. The van der Waals surface area contributed by atoms with Crippen LogP contribution in [-0.2, 0) is 9.47 Å². The standard InChI is InChI=1S/C46H36N2O6/c1-49-33-21-13-29(14-22-33)41(43-37-9-5-7-11-39(37)45(53-43)47-31-17-25-35(51-3)26-18-31)42(30-15-23-34(50-2)24-16-30)44-38-10-6-8-12-40(38)46(54-44)48-32-19-27-36(52-4)28-20-32/h5-28H,1-4H3/b43-41-,44-42-,47-45?,48-46?. The summed E-state index contributed by atoms with van der Waals surface area (Å²) in [5, 5.41) is 0. The van der Waals surface area contributed by atoms with Gasteiger partial charge in [-0.25, -0.2) is 9.98 Å². The molecule has 0 aromatic heterocycles. The molecule has 266 valence electrons. The summed E-state index contributed by atoms with van der Waals surface area (Å²) in [7, 11) is 6.60. The van der Waals surface area contributed by atoms with Crippen molar-refractivity contribution in [3.63, 3.8) is 0 Å². The van der Waals surface area contributed by atoms with Gasteiger partial charge in [0.05, 0.1) is 39.8 Å². The smallest absolute Gasteiger partial charge is 0.227 e. The molecule has 2 aliphatic heterocycles. The molecule has 0 unspecified atom stereocenters. The van der Waals surface area contributed by atoms with Crippen molar-refractivity contribution in [2.24, 2.45) is 9.98 Å². The zero-order valence-electron chi connectivity index (χ0n) is 30.2. The average Bonchev–Trinajstić information content (AvgIpc) is 3.78. The second-order valence-corrected chi connectivity index (χ2v) is 12.4. The SMILES string of the molecule is COc1ccc(N=C2O/C(=C(\C(=C3/OC(=Nc4ccc(OC)cc4)c4ccccc43)c3ccc(OC)cc3)c3ccc(OC)cc3)c3ccccc32)cc1. The molecule has 54 heavy (non-hydrogen) atoms. The van der Waals surface area contributed by atoms with Gasteiger partial charge in [-0.05, 0) is 96.1 Å². The number of hydrogen-bond acceptors (Lipinski definition) is 8. The Morgan fingerprint density at radius 3 is 0.981 bits per heavy atom. The Hall–Kier alpha value is -7.06. The van der Waals surface area contributed by atoms with Crippen molar-refractivity contribution in [2.75, 3.05) is 28.4 Å². The quantitative estimate of drug-likeness (QED) is 0.148. The highest BCUT2D eigenvalue weighted by Gasteiger charge is 2.35. The van der Waals surface area contributed by atoms with Crippen LogP contribution in [0.5, 0.6) is 23.0 Å². The molecule has 8 heteroatoms. The van der Waals surface area contributed by atoms with Crippen molar-refractivity contribution in [1.82, 2.24) is 0 Å². The van der Waals surface area contributed by atoms with E-state index < -0.39 is 0 Å². The Labute approximate surface area is 313 Å². The lowest BCUT2D eigenvalue weighted by Crippen LogP contribution is -2.02. The summed E-state index contributed by atoms with van der Waals surface area (Å²) in [5.41, 5.74) is 8.32. The predicted molar refractivity (Wildman–Crippen MR) is 213 cm³/mol. The summed E-state index contributed by atoms with van der Waals surface area (Å²) >= 11 is 0.